The first kappa shape index (κ1) is 19.5. The van der Waals surface area contributed by atoms with Crippen molar-refractivity contribution in [2.45, 2.75) is 25.7 Å². The molecule has 6 nitrogen and oxygen atoms in total. The number of hydrogen-bond acceptors (Lipinski definition) is 3. The molecule has 4 rings (SSSR count). The number of sulfonamides is 1. The van der Waals surface area contributed by atoms with Crippen LogP contribution in [0, 0.1) is 0 Å². The molecule has 2 heterocycles. The fourth-order valence-electron chi connectivity index (χ4n) is 3.93. The SMILES string of the molecule is Cn1cc(CCCC(=O)Nc2ccc(N3CCCS3(=O)=O)cc2)c2ccccc21. The van der Waals surface area contributed by atoms with Gasteiger partial charge in [0.25, 0.3) is 0 Å². The van der Waals surface area contributed by atoms with Crippen molar-refractivity contribution >= 4 is 38.2 Å². The maximum atomic E-state index is 12.3. The Morgan fingerprint density at radius 1 is 1.10 bits per heavy atom. The van der Waals surface area contributed by atoms with E-state index in [1.165, 1.54) is 20.8 Å². The maximum Gasteiger partial charge on any atom is 0.235 e. The van der Waals surface area contributed by atoms with E-state index in [0.717, 1.165) is 12.8 Å². The highest BCUT2D eigenvalue weighted by Crippen LogP contribution is 2.25. The highest BCUT2D eigenvalue weighted by atomic mass is 32.2. The highest BCUT2D eigenvalue weighted by Gasteiger charge is 2.28. The average molecular weight is 412 g/mol. The van der Waals surface area contributed by atoms with Crippen molar-refractivity contribution in [1.29, 1.82) is 0 Å². The largest absolute Gasteiger partial charge is 0.350 e. The van der Waals surface area contributed by atoms with E-state index >= 15 is 0 Å². The average Bonchev–Trinajstić information content (AvgIpc) is 3.22. The van der Waals surface area contributed by atoms with Crippen molar-refractivity contribution in [3.8, 4) is 0 Å². The van der Waals surface area contributed by atoms with Gasteiger partial charge in [-0.15, -0.1) is 0 Å². The monoisotopic (exact) mass is 411 g/mol. The van der Waals surface area contributed by atoms with Crippen LogP contribution in [0.3, 0.4) is 0 Å². The molecular weight excluding hydrogens is 386 g/mol. The molecule has 29 heavy (non-hydrogen) atoms. The van der Waals surface area contributed by atoms with E-state index in [9.17, 15) is 13.2 Å². The zero-order valence-electron chi connectivity index (χ0n) is 16.5. The third kappa shape index (κ3) is 4.15. The Labute approximate surface area is 171 Å². The number of aryl methyl sites for hydroxylation is 2. The Bertz CT molecular complexity index is 1130. The molecule has 0 radical (unpaired) electrons. The van der Waals surface area contributed by atoms with Crippen LogP contribution in [0.1, 0.15) is 24.8 Å². The van der Waals surface area contributed by atoms with Gasteiger partial charge in [-0.3, -0.25) is 9.10 Å². The van der Waals surface area contributed by atoms with Crippen LogP contribution in [-0.4, -0.2) is 31.2 Å². The van der Waals surface area contributed by atoms with E-state index in [-0.39, 0.29) is 11.7 Å². The number of aromatic nitrogens is 1. The third-order valence-electron chi connectivity index (χ3n) is 5.37. The van der Waals surface area contributed by atoms with E-state index in [1.54, 1.807) is 24.3 Å². The van der Waals surface area contributed by atoms with Gasteiger partial charge >= 0.3 is 0 Å². The van der Waals surface area contributed by atoms with Gasteiger partial charge in [-0.2, -0.15) is 0 Å². The smallest absolute Gasteiger partial charge is 0.235 e. The summed E-state index contributed by atoms with van der Waals surface area (Å²) in [6.45, 7) is 0.516. The fraction of sp³-hybridized carbons (Fsp3) is 0.318. The summed E-state index contributed by atoms with van der Waals surface area (Å²) in [6, 6.07) is 15.3. The van der Waals surface area contributed by atoms with Crippen molar-refractivity contribution in [3.63, 3.8) is 0 Å². The number of nitrogens with zero attached hydrogens (tertiary/aromatic N) is 2. The summed E-state index contributed by atoms with van der Waals surface area (Å²) in [6.07, 6.45) is 4.83. The fourth-order valence-corrected chi connectivity index (χ4v) is 5.49. The van der Waals surface area contributed by atoms with Gasteiger partial charge in [-0.25, -0.2) is 8.42 Å². The van der Waals surface area contributed by atoms with Gasteiger partial charge in [0, 0.05) is 42.8 Å². The number of hydrogen-bond donors (Lipinski definition) is 1. The Hall–Kier alpha value is -2.80. The Morgan fingerprint density at radius 3 is 2.59 bits per heavy atom. The number of nitrogens with one attached hydrogen (secondary N) is 1. The molecule has 1 amide bonds. The molecule has 7 heteroatoms. The van der Waals surface area contributed by atoms with Crippen molar-refractivity contribution in [1.82, 2.24) is 4.57 Å². The van der Waals surface area contributed by atoms with Crippen LogP contribution in [0.4, 0.5) is 11.4 Å². The van der Waals surface area contributed by atoms with Crippen LogP contribution in [0.2, 0.25) is 0 Å². The number of carbonyl (C=O) groups is 1. The second-order valence-electron chi connectivity index (χ2n) is 7.47. The summed E-state index contributed by atoms with van der Waals surface area (Å²) in [5.74, 6) is 0.161. The Balaban J connectivity index is 1.32. The molecule has 0 saturated carbocycles. The molecule has 2 aromatic carbocycles. The summed E-state index contributed by atoms with van der Waals surface area (Å²) < 4.78 is 27.5. The number of anilines is 2. The van der Waals surface area contributed by atoms with E-state index in [0.29, 0.717) is 30.8 Å². The number of rotatable bonds is 6. The molecule has 1 saturated heterocycles. The molecule has 1 aliphatic heterocycles. The normalized spacial score (nSPS) is 15.7. The summed E-state index contributed by atoms with van der Waals surface area (Å²) in [7, 11) is -1.15. The van der Waals surface area contributed by atoms with Crippen molar-refractivity contribution in [2.75, 3.05) is 21.9 Å². The van der Waals surface area contributed by atoms with Gasteiger partial charge in [-0.1, -0.05) is 18.2 Å². The molecule has 1 fully saturated rings. The zero-order valence-corrected chi connectivity index (χ0v) is 17.3. The first-order valence-corrected chi connectivity index (χ1v) is 11.5. The van der Waals surface area contributed by atoms with Crippen molar-refractivity contribution < 1.29 is 13.2 Å². The van der Waals surface area contributed by atoms with Crippen LogP contribution in [-0.2, 0) is 28.3 Å². The lowest BCUT2D eigenvalue weighted by molar-refractivity contribution is -0.116. The summed E-state index contributed by atoms with van der Waals surface area (Å²) >= 11 is 0. The lowest BCUT2D eigenvalue weighted by atomic mass is 10.1. The van der Waals surface area contributed by atoms with E-state index in [1.807, 2.05) is 19.2 Å². The second kappa shape index (κ2) is 7.91. The number of amides is 1. The van der Waals surface area contributed by atoms with Gasteiger partial charge in [0.15, 0.2) is 0 Å². The minimum Gasteiger partial charge on any atom is -0.350 e. The molecule has 1 aromatic heterocycles. The molecule has 152 valence electrons. The zero-order chi connectivity index (χ0) is 20.4. The van der Waals surface area contributed by atoms with Gasteiger partial charge in [-0.05, 0) is 55.2 Å². The Kier molecular flexibility index (Phi) is 5.32. The van der Waals surface area contributed by atoms with Crippen LogP contribution >= 0.6 is 0 Å². The molecule has 0 unspecified atom stereocenters. The Morgan fingerprint density at radius 2 is 1.86 bits per heavy atom. The van der Waals surface area contributed by atoms with Gasteiger partial charge < -0.3 is 9.88 Å². The number of carbonyl (C=O) groups excluding carboxylic acids is 1. The first-order chi connectivity index (χ1) is 13.9. The summed E-state index contributed by atoms with van der Waals surface area (Å²) in [5.41, 5.74) is 3.79. The number of para-hydroxylation sites is 1. The molecule has 0 spiro atoms. The molecule has 3 aromatic rings. The van der Waals surface area contributed by atoms with Gasteiger partial charge in [0.1, 0.15) is 0 Å². The first-order valence-electron chi connectivity index (χ1n) is 9.87. The van der Waals surface area contributed by atoms with E-state index in [4.69, 9.17) is 0 Å². The third-order valence-corrected chi connectivity index (χ3v) is 7.24. The van der Waals surface area contributed by atoms with Gasteiger partial charge in [0.2, 0.25) is 15.9 Å². The summed E-state index contributed by atoms with van der Waals surface area (Å²) in [5, 5.41) is 4.14. The predicted molar refractivity (Wildman–Crippen MR) is 117 cm³/mol. The highest BCUT2D eigenvalue weighted by molar-refractivity contribution is 7.93. The van der Waals surface area contributed by atoms with E-state index < -0.39 is 10.0 Å². The van der Waals surface area contributed by atoms with Crippen LogP contribution in [0.5, 0.6) is 0 Å². The van der Waals surface area contributed by atoms with E-state index in [2.05, 4.69) is 28.2 Å². The minimum absolute atomic E-state index is 0.0354. The minimum atomic E-state index is -3.18. The van der Waals surface area contributed by atoms with Crippen LogP contribution < -0.4 is 9.62 Å². The molecule has 1 N–H and O–H groups in total. The molecule has 0 atom stereocenters. The molecule has 0 aliphatic carbocycles. The van der Waals surface area contributed by atoms with Gasteiger partial charge in [0.05, 0.1) is 11.4 Å². The lowest BCUT2D eigenvalue weighted by Crippen LogP contribution is -2.24. The van der Waals surface area contributed by atoms with Crippen LogP contribution in [0.15, 0.2) is 54.7 Å². The number of benzene rings is 2. The molecular formula is C22H25N3O3S. The standard InChI is InChI=1S/C22H25N3O3S/c1-24-16-17(20-7-2-3-8-21(20)24)6-4-9-22(26)23-18-10-12-19(13-11-18)25-14-5-15-29(25,27)28/h2-3,7-8,10-13,16H,4-6,9,14-15H2,1H3,(H,23,26). The van der Waals surface area contributed by atoms with Crippen molar-refractivity contribution in [3.05, 3.63) is 60.3 Å². The molecule has 0 bridgehead atoms. The van der Waals surface area contributed by atoms with Crippen molar-refractivity contribution in [2.24, 2.45) is 7.05 Å². The molecule has 1 aliphatic rings. The summed E-state index contributed by atoms with van der Waals surface area (Å²) in [4.78, 5) is 12.3. The second-order valence-corrected chi connectivity index (χ2v) is 9.49. The maximum absolute atomic E-state index is 12.3. The lowest BCUT2D eigenvalue weighted by Gasteiger charge is -2.17. The topological polar surface area (TPSA) is 71.4 Å². The number of fused-ring (bicyclic) bond motifs is 1. The quantitative estimate of drug-likeness (QED) is 0.673. The van der Waals surface area contributed by atoms with Crippen LogP contribution in [0.25, 0.3) is 10.9 Å². The predicted octanol–water partition coefficient (Wildman–Crippen LogP) is 3.68.